The second-order valence-corrected chi connectivity index (χ2v) is 4.64. The summed E-state index contributed by atoms with van der Waals surface area (Å²) in [4.78, 5) is 3.25. The molecule has 0 amide bonds. The molecule has 0 aliphatic rings. The molecule has 0 radical (unpaired) electrons. The summed E-state index contributed by atoms with van der Waals surface area (Å²) in [5, 5.41) is 0. The molecule has 0 bridgehead atoms. The van der Waals surface area contributed by atoms with Gasteiger partial charge in [0.25, 0.3) is 0 Å². The van der Waals surface area contributed by atoms with E-state index in [1.807, 2.05) is 6.07 Å². The van der Waals surface area contributed by atoms with Gasteiger partial charge in [-0.1, -0.05) is 0 Å². The van der Waals surface area contributed by atoms with Gasteiger partial charge < -0.3 is 0 Å². The molecule has 0 spiro atoms. The van der Waals surface area contributed by atoms with Crippen LogP contribution in [0.25, 0.3) is 0 Å². The molecule has 0 heterocycles. The van der Waals surface area contributed by atoms with Gasteiger partial charge in [-0.05, 0) is 0 Å². The van der Waals surface area contributed by atoms with Crippen LogP contribution < -0.4 is 4.46 Å². The molecule has 0 aliphatic heterocycles. The quantitative estimate of drug-likeness (QED) is 0.429. The van der Waals surface area contributed by atoms with Crippen LogP contribution in [0.3, 0.4) is 0 Å². The maximum absolute atomic E-state index is 3.25. The van der Waals surface area contributed by atoms with E-state index in [4.69, 9.17) is 0 Å². The summed E-state index contributed by atoms with van der Waals surface area (Å²) < 4.78 is 1.37. The van der Waals surface area contributed by atoms with Crippen molar-refractivity contribution in [1.29, 1.82) is 0 Å². The maximum atomic E-state index is 3.25. The van der Waals surface area contributed by atoms with Gasteiger partial charge in [0.15, 0.2) is 0 Å². The fourth-order valence-electron chi connectivity index (χ4n) is 0.900. The Bertz CT molecular complexity index is 279. The second kappa shape index (κ2) is 6.78. The molecule has 68 valence electrons. The van der Waals surface area contributed by atoms with Crippen LogP contribution in [0.2, 0.25) is 0 Å². The molecule has 0 unspecified atom stereocenters. The van der Waals surface area contributed by atoms with Crippen LogP contribution in [0.15, 0.2) is 30.3 Å². The predicted molar refractivity (Wildman–Crippen MR) is 59.1 cm³/mol. The van der Waals surface area contributed by atoms with Crippen molar-refractivity contribution in [1.82, 2.24) is 0 Å². The minimum atomic E-state index is 0.356. The first kappa shape index (κ1) is 10.4. The molecule has 0 aromatic heterocycles. The van der Waals surface area contributed by atoms with Crippen molar-refractivity contribution in [3.63, 3.8) is 0 Å². The van der Waals surface area contributed by atoms with Gasteiger partial charge in [-0.15, -0.1) is 0 Å². The van der Waals surface area contributed by atoms with Crippen molar-refractivity contribution in [2.24, 2.45) is 0 Å². The van der Waals surface area contributed by atoms with Crippen molar-refractivity contribution in [2.45, 2.75) is 26.2 Å². The third-order valence-electron chi connectivity index (χ3n) is 1.64. The van der Waals surface area contributed by atoms with E-state index in [1.165, 1.54) is 17.3 Å². The van der Waals surface area contributed by atoms with E-state index in [-0.39, 0.29) is 0 Å². The number of benzene rings is 1. The summed E-state index contributed by atoms with van der Waals surface area (Å²) in [6, 6.07) is 10.5. The normalized spacial score (nSPS) is 9.00. The van der Waals surface area contributed by atoms with E-state index in [9.17, 15) is 0 Å². The van der Waals surface area contributed by atoms with Gasteiger partial charge in [-0.25, -0.2) is 0 Å². The van der Waals surface area contributed by atoms with Crippen LogP contribution >= 0.6 is 0 Å². The summed E-state index contributed by atoms with van der Waals surface area (Å²) in [6.45, 7) is 2.20. The Labute approximate surface area is 86.9 Å². The van der Waals surface area contributed by atoms with Crippen molar-refractivity contribution in [3.05, 3.63) is 30.3 Å². The molecular formula is C12H14Se. The molecule has 0 saturated heterocycles. The summed E-state index contributed by atoms with van der Waals surface area (Å²) in [5.41, 5.74) is 0. The monoisotopic (exact) mass is 238 g/mol. The Hall–Kier alpha value is -0.701. The third-order valence-corrected chi connectivity index (χ3v) is 3.22. The van der Waals surface area contributed by atoms with Gasteiger partial charge in [0.1, 0.15) is 0 Å². The van der Waals surface area contributed by atoms with Crippen LogP contribution in [0.5, 0.6) is 0 Å². The van der Waals surface area contributed by atoms with Gasteiger partial charge in [-0.3, -0.25) is 0 Å². The molecule has 1 rings (SSSR count). The Balaban J connectivity index is 2.29. The zero-order chi connectivity index (χ0) is 9.36. The molecule has 1 aromatic rings. The van der Waals surface area contributed by atoms with E-state index in [0.29, 0.717) is 15.0 Å². The first-order valence-electron chi connectivity index (χ1n) is 4.63. The topological polar surface area (TPSA) is 0 Å². The van der Waals surface area contributed by atoms with E-state index in [0.717, 1.165) is 6.42 Å². The van der Waals surface area contributed by atoms with Crippen LogP contribution in [0.4, 0.5) is 0 Å². The van der Waals surface area contributed by atoms with Crippen LogP contribution in [0.1, 0.15) is 26.2 Å². The van der Waals surface area contributed by atoms with Crippen molar-refractivity contribution in [2.75, 3.05) is 0 Å². The van der Waals surface area contributed by atoms with E-state index >= 15 is 0 Å². The van der Waals surface area contributed by atoms with Crippen LogP contribution in [0, 0.1) is 10.7 Å². The summed E-state index contributed by atoms with van der Waals surface area (Å²) in [5.74, 6) is 3.21. The van der Waals surface area contributed by atoms with E-state index in [1.54, 1.807) is 0 Å². The zero-order valence-corrected chi connectivity index (χ0v) is 9.63. The molecule has 0 saturated carbocycles. The van der Waals surface area contributed by atoms with Gasteiger partial charge >= 0.3 is 86.7 Å². The second-order valence-electron chi connectivity index (χ2n) is 2.80. The average molecular weight is 237 g/mol. The van der Waals surface area contributed by atoms with E-state index in [2.05, 4.69) is 41.9 Å². The van der Waals surface area contributed by atoms with Gasteiger partial charge in [0.2, 0.25) is 0 Å². The molecule has 0 N–H and O–H groups in total. The van der Waals surface area contributed by atoms with Gasteiger partial charge in [-0.2, -0.15) is 0 Å². The molecule has 0 nitrogen and oxygen atoms in total. The van der Waals surface area contributed by atoms with Gasteiger partial charge in [0, 0.05) is 0 Å². The summed E-state index contributed by atoms with van der Waals surface area (Å²) in [7, 11) is 0. The Kier molecular flexibility index (Phi) is 5.41. The molecule has 1 aromatic carbocycles. The molecule has 0 atom stereocenters. The SMILES string of the molecule is CCCCC#C[Se]c1ccccc1. The molecular weight excluding hydrogens is 223 g/mol. The average Bonchev–Trinajstić information content (AvgIpc) is 2.19. The zero-order valence-electron chi connectivity index (χ0n) is 7.92. The first-order valence-corrected chi connectivity index (χ1v) is 6.34. The molecule has 0 fully saturated rings. The van der Waals surface area contributed by atoms with Crippen molar-refractivity contribution < 1.29 is 0 Å². The summed E-state index contributed by atoms with van der Waals surface area (Å²) >= 11 is 0.356. The first-order chi connectivity index (χ1) is 6.43. The fourth-order valence-corrected chi connectivity index (χ4v) is 2.13. The van der Waals surface area contributed by atoms with Gasteiger partial charge in [0.05, 0.1) is 0 Å². The molecule has 1 heteroatoms. The molecule has 0 aliphatic carbocycles. The third kappa shape index (κ3) is 4.78. The number of unbranched alkanes of at least 4 members (excludes halogenated alkanes) is 2. The number of hydrogen-bond donors (Lipinski definition) is 0. The van der Waals surface area contributed by atoms with Crippen LogP contribution in [-0.2, 0) is 0 Å². The Morgan fingerprint density at radius 3 is 2.69 bits per heavy atom. The standard InChI is InChI=1S/C12H14Se/c1-2-3-4-8-11-13-12-9-6-5-7-10-12/h5-7,9-10H,2-4H2,1H3. The number of rotatable bonds is 3. The molecule has 13 heavy (non-hydrogen) atoms. The Morgan fingerprint density at radius 2 is 2.00 bits per heavy atom. The van der Waals surface area contributed by atoms with Crippen LogP contribution in [-0.4, -0.2) is 15.0 Å². The minimum absolute atomic E-state index is 0.356. The summed E-state index contributed by atoms with van der Waals surface area (Å²) in [6.07, 6.45) is 3.54. The van der Waals surface area contributed by atoms with Crippen molar-refractivity contribution in [3.8, 4) is 10.7 Å². The number of hydrogen-bond acceptors (Lipinski definition) is 0. The predicted octanol–water partition coefficient (Wildman–Crippen LogP) is 2.17. The fraction of sp³-hybridized carbons (Fsp3) is 0.333. The van der Waals surface area contributed by atoms with Crippen molar-refractivity contribution >= 4 is 19.4 Å². The van der Waals surface area contributed by atoms with E-state index < -0.39 is 0 Å². The Morgan fingerprint density at radius 1 is 1.23 bits per heavy atom.